The Labute approximate surface area is 213 Å². The van der Waals surface area contributed by atoms with Gasteiger partial charge in [-0.05, 0) is 68.7 Å². The van der Waals surface area contributed by atoms with Crippen molar-refractivity contribution in [2.45, 2.75) is 38.1 Å². The number of carbonyl (C=O) groups excluding carboxylic acids is 1. The number of aryl methyl sites for hydroxylation is 1. The van der Waals surface area contributed by atoms with E-state index in [9.17, 15) is 17.6 Å². The van der Waals surface area contributed by atoms with Gasteiger partial charge in [0.2, 0.25) is 15.9 Å². The Hall–Kier alpha value is -2.46. The number of halogens is 3. The summed E-state index contributed by atoms with van der Waals surface area (Å²) in [6.45, 7) is 4.48. The fourth-order valence-electron chi connectivity index (χ4n) is 4.18. The van der Waals surface area contributed by atoms with E-state index in [4.69, 9.17) is 23.2 Å². The molecular formula is C24H25Cl2FN4O3S. The van der Waals surface area contributed by atoms with Crippen LogP contribution in [0.15, 0.2) is 47.4 Å². The molecule has 7 nitrogen and oxygen atoms in total. The zero-order chi connectivity index (χ0) is 25.3. The second-order valence-corrected chi connectivity index (χ2v) is 11.3. The van der Waals surface area contributed by atoms with Crippen molar-refractivity contribution < 1.29 is 17.6 Å². The molecule has 0 unspecified atom stereocenters. The number of amides is 1. The molecule has 1 aliphatic rings. The van der Waals surface area contributed by atoms with E-state index in [1.54, 1.807) is 29.8 Å². The molecule has 186 valence electrons. The highest BCUT2D eigenvalue weighted by atomic mass is 35.5. The number of piperidine rings is 1. The molecule has 4 rings (SSSR count). The second kappa shape index (κ2) is 10.3. The highest BCUT2D eigenvalue weighted by molar-refractivity contribution is 7.89. The van der Waals surface area contributed by atoms with Gasteiger partial charge in [-0.3, -0.25) is 9.48 Å². The smallest absolute Gasteiger partial charge is 0.243 e. The molecule has 1 fully saturated rings. The minimum absolute atomic E-state index is 0.167. The zero-order valence-corrected chi connectivity index (χ0v) is 21.6. The van der Waals surface area contributed by atoms with Crippen molar-refractivity contribution in [1.82, 2.24) is 14.1 Å². The van der Waals surface area contributed by atoms with Crippen molar-refractivity contribution >= 4 is 44.8 Å². The molecule has 2 heterocycles. The van der Waals surface area contributed by atoms with E-state index in [1.807, 2.05) is 6.92 Å². The number of carbonyl (C=O) groups is 1. The average molecular weight is 539 g/mol. The SMILES string of the molecule is Cc1nn(Cc2ccc(F)cc2Cl)c(C)c1NC(=O)C1CCN(S(=O)(=O)c2ccc(Cl)cc2)CC1. The monoisotopic (exact) mass is 538 g/mol. The lowest BCUT2D eigenvalue weighted by atomic mass is 9.97. The van der Waals surface area contributed by atoms with Crippen molar-refractivity contribution in [1.29, 1.82) is 0 Å². The van der Waals surface area contributed by atoms with Crippen LogP contribution in [0.4, 0.5) is 10.1 Å². The first-order chi connectivity index (χ1) is 16.6. The second-order valence-electron chi connectivity index (χ2n) is 8.56. The van der Waals surface area contributed by atoms with Gasteiger partial charge in [0.05, 0.1) is 28.5 Å². The predicted octanol–water partition coefficient (Wildman–Crippen LogP) is 5.03. The van der Waals surface area contributed by atoms with Gasteiger partial charge in [0.15, 0.2) is 0 Å². The standard InChI is InChI=1S/C24H25Cl2FN4O3S/c1-15-23(16(2)31(29-15)14-18-3-6-20(27)13-22(18)26)28-24(32)17-9-11-30(12-10-17)35(33,34)21-7-4-19(25)5-8-21/h3-8,13,17H,9-12,14H2,1-2H3,(H,28,32). The number of rotatable bonds is 6. The van der Waals surface area contributed by atoms with Crippen molar-refractivity contribution in [3.05, 3.63) is 75.3 Å². The number of nitrogens with one attached hydrogen (secondary N) is 1. The van der Waals surface area contributed by atoms with Crippen molar-refractivity contribution in [2.75, 3.05) is 18.4 Å². The van der Waals surface area contributed by atoms with Gasteiger partial charge in [-0.15, -0.1) is 0 Å². The minimum Gasteiger partial charge on any atom is -0.323 e. The summed E-state index contributed by atoms with van der Waals surface area (Å²) in [6.07, 6.45) is 0.826. The van der Waals surface area contributed by atoms with Gasteiger partial charge in [-0.1, -0.05) is 29.3 Å². The molecule has 35 heavy (non-hydrogen) atoms. The number of hydrogen-bond donors (Lipinski definition) is 1. The normalized spacial score (nSPS) is 15.3. The van der Waals surface area contributed by atoms with Crippen LogP contribution in [-0.2, 0) is 21.4 Å². The molecule has 0 atom stereocenters. The van der Waals surface area contributed by atoms with Crippen LogP contribution in [0.5, 0.6) is 0 Å². The first kappa shape index (κ1) is 25.6. The van der Waals surface area contributed by atoms with Crippen molar-refractivity contribution in [3.8, 4) is 0 Å². The van der Waals surface area contributed by atoms with E-state index in [-0.39, 0.29) is 29.8 Å². The van der Waals surface area contributed by atoms with E-state index < -0.39 is 15.8 Å². The Morgan fingerprint density at radius 3 is 2.40 bits per heavy atom. The van der Waals surface area contributed by atoms with Crippen molar-refractivity contribution in [2.24, 2.45) is 5.92 Å². The summed E-state index contributed by atoms with van der Waals surface area (Å²) in [6, 6.07) is 10.3. The van der Waals surface area contributed by atoms with Crippen LogP contribution in [0.2, 0.25) is 10.0 Å². The lowest BCUT2D eigenvalue weighted by Gasteiger charge is -2.30. The number of benzene rings is 2. The predicted molar refractivity (Wildman–Crippen MR) is 134 cm³/mol. The first-order valence-corrected chi connectivity index (χ1v) is 13.3. The van der Waals surface area contributed by atoms with Gasteiger partial charge in [0, 0.05) is 29.1 Å². The van der Waals surface area contributed by atoms with Gasteiger partial charge in [0.25, 0.3) is 0 Å². The molecule has 1 aromatic heterocycles. The molecule has 3 aromatic rings. The van der Waals surface area contributed by atoms with E-state index in [0.29, 0.717) is 46.4 Å². The summed E-state index contributed by atoms with van der Waals surface area (Å²) in [5.41, 5.74) is 2.73. The average Bonchev–Trinajstić information content (AvgIpc) is 3.08. The first-order valence-electron chi connectivity index (χ1n) is 11.1. The highest BCUT2D eigenvalue weighted by Gasteiger charge is 2.32. The van der Waals surface area contributed by atoms with Crippen LogP contribution >= 0.6 is 23.2 Å². The van der Waals surface area contributed by atoms with Crippen LogP contribution in [-0.4, -0.2) is 41.5 Å². The Morgan fingerprint density at radius 2 is 1.77 bits per heavy atom. The molecule has 0 aliphatic carbocycles. The zero-order valence-electron chi connectivity index (χ0n) is 19.3. The lowest BCUT2D eigenvalue weighted by molar-refractivity contribution is -0.120. The molecule has 0 spiro atoms. The Morgan fingerprint density at radius 1 is 1.11 bits per heavy atom. The lowest BCUT2D eigenvalue weighted by Crippen LogP contribution is -2.41. The van der Waals surface area contributed by atoms with E-state index in [2.05, 4.69) is 10.4 Å². The number of aromatic nitrogens is 2. The number of anilines is 1. The van der Waals surface area contributed by atoms with Crippen LogP contribution < -0.4 is 5.32 Å². The summed E-state index contributed by atoms with van der Waals surface area (Å²) >= 11 is 12.0. The molecule has 11 heteroatoms. The van der Waals surface area contributed by atoms with Gasteiger partial charge >= 0.3 is 0 Å². The van der Waals surface area contributed by atoms with Crippen LogP contribution in [0.1, 0.15) is 29.8 Å². The maximum absolute atomic E-state index is 13.3. The fourth-order valence-corrected chi connectivity index (χ4v) is 6.00. The third-order valence-electron chi connectivity index (χ3n) is 6.24. The quantitative estimate of drug-likeness (QED) is 0.476. The highest BCUT2D eigenvalue weighted by Crippen LogP contribution is 2.28. The van der Waals surface area contributed by atoms with Crippen LogP contribution in [0.25, 0.3) is 0 Å². The molecule has 0 bridgehead atoms. The molecule has 1 amide bonds. The summed E-state index contributed by atoms with van der Waals surface area (Å²) in [4.78, 5) is 13.2. The topological polar surface area (TPSA) is 84.3 Å². The summed E-state index contributed by atoms with van der Waals surface area (Å²) in [5, 5.41) is 8.25. The van der Waals surface area contributed by atoms with Gasteiger partial charge < -0.3 is 5.32 Å². The Bertz CT molecular complexity index is 1350. The molecule has 1 aliphatic heterocycles. The van der Waals surface area contributed by atoms with E-state index in [1.165, 1.54) is 28.6 Å². The van der Waals surface area contributed by atoms with Gasteiger partial charge in [0.1, 0.15) is 5.82 Å². The minimum atomic E-state index is -3.64. The summed E-state index contributed by atoms with van der Waals surface area (Å²) in [5.74, 6) is -0.897. The summed E-state index contributed by atoms with van der Waals surface area (Å²) < 4.78 is 42.2. The number of nitrogens with zero attached hydrogens (tertiary/aromatic N) is 3. The molecule has 1 saturated heterocycles. The molecule has 1 N–H and O–H groups in total. The molecule has 0 saturated carbocycles. The van der Waals surface area contributed by atoms with Crippen LogP contribution in [0, 0.1) is 25.6 Å². The third kappa shape index (κ3) is 5.53. The maximum Gasteiger partial charge on any atom is 0.243 e. The third-order valence-corrected chi connectivity index (χ3v) is 8.76. The van der Waals surface area contributed by atoms with Gasteiger partial charge in [-0.2, -0.15) is 9.40 Å². The van der Waals surface area contributed by atoms with E-state index >= 15 is 0 Å². The van der Waals surface area contributed by atoms with E-state index in [0.717, 1.165) is 5.69 Å². The largest absolute Gasteiger partial charge is 0.323 e. The maximum atomic E-state index is 13.3. The fraction of sp³-hybridized carbons (Fsp3) is 0.333. The van der Waals surface area contributed by atoms with Crippen molar-refractivity contribution in [3.63, 3.8) is 0 Å². The molecule has 0 radical (unpaired) electrons. The molecule has 2 aromatic carbocycles. The van der Waals surface area contributed by atoms with Crippen LogP contribution in [0.3, 0.4) is 0 Å². The Balaban J connectivity index is 1.40. The number of sulfonamides is 1. The van der Waals surface area contributed by atoms with Gasteiger partial charge in [-0.25, -0.2) is 12.8 Å². The number of hydrogen-bond acceptors (Lipinski definition) is 4. The summed E-state index contributed by atoms with van der Waals surface area (Å²) in [7, 11) is -3.64. The Kier molecular flexibility index (Phi) is 7.51. The molecular weight excluding hydrogens is 514 g/mol.